The second-order valence-electron chi connectivity index (χ2n) is 7.73. The Bertz CT molecular complexity index is 840. The first-order valence-electron chi connectivity index (χ1n) is 10.4. The van der Waals surface area contributed by atoms with Gasteiger partial charge in [0, 0.05) is 39.1 Å². The highest BCUT2D eigenvalue weighted by atomic mass is 32.1. The van der Waals surface area contributed by atoms with Gasteiger partial charge in [-0.05, 0) is 37.0 Å². The number of hydrogen-bond acceptors (Lipinski definition) is 5. The van der Waals surface area contributed by atoms with Crippen molar-refractivity contribution in [1.29, 1.82) is 0 Å². The van der Waals surface area contributed by atoms with Crippen LogP contribution < -0.4 is 4.74 Å². The number of carbonyl (C=O) groups excluding carboxylic acids is 1. The van der Waals surface area contributed by atoms with Gasteiger partial charge in [-0.3, -0.25) is 9.69 Å². The highest BCUT2D eigenvalue weighted by molar-refractivity contribution is 7.13. The number of carbonyl (C=O) groups is 1. The summed E-state index contributed by atoms with van der Waals surface area (Å²) in [7, 11) is 0. The minimum Gasteiger partial charge on any atom is -0.493 e. The number of hydrogen-bond donors (Lipinski definition) is 0. The van der Waals surface area contributed by atoms with Gasteiger partial charge in [0.1, 0.15) is 10.6 Å². The smallest absolute Gasteiger partial charge is 0.265 e. The van der Waals surface area contributed by atoms with Gasteiger partial charge in [-0.1, -0.05) is 25.5 Å². The number of thiazole rings is 1. The van der Waals surface area contributed by atoms with E-state index in [1.807, 2.05) is 11.8 Å². The molecule has 150 valence electrons. The molecule has 2 aromatic rings. The molecule has 0 atom stereocenters. The molecule has 0 unspecified atom stereocenters. The number of piperazine rings is 1. The zero-order valence-electron chi connectivity index (χ0n) is 16.9. The van der Waals surface area contributed by atoms with Gasteiger partial charge in [0.25, 0.3) is 5.91 Å². The lowest BCUT2D eigenvalue weighted by Gasteiger charge is -2.34. The second-order valence-corrected chi connectivity index (χ2v) is 8.82. The Morgan fingerprint density at radius 3 is 2.86 bits per heavy atom. The van der Waals surface area contributed by atoms with E-state index in [1.165, 1.54) is 11.1 Å². The number of rotatable bonds is 6. The molecule has 0 saturated carbocycles. The van der Waals surface area contributed by atoms with Crippen LogP contribution in [0.5, 0.6) is 5.75 Å². The van der Waals surface area contributed by atoms with Gasteiger partial charge in [-0.15, -0.1) is 11.3 Å². The maximum atomic E-state index is 13.0. The zero-order valence-corrected chi connectivity index (χ0v) is 17.7. The van der Waals surface area contributed by atoms with Crippen molar-refractivity contribution in [3.63, 3.8) is 0 Å². The highest BCUT2D eigenvalue weighted by Crippen LogP contribution is 2.27. The van der Waals surface area contributed by atoms with Crippen LogP contribution in [0.25, 0.3) is 0 Å². The Hall–Kier alpha value is -1.92. The van der Waals surface area contributed by atoms with Gasteiger partial charge < -0.3 is 9.64 Å². The molecule has 4 rings (SSSR count). The molecule has 0 aliphatic carbocycles. The van der Waals surface area contributed by atoms with Gasteiger partial charge in [0.15, 0.2) is 0 Å². The highest BCUT2D eigenvalue weighted by Gasteiger charge is 2.25. The molecule has 0 radical (unpaired) electrons. The van der Waals surface area contributed by atoms with Crippen LogP contribution in [0, 0.1) is 6.92 Å². The van der Waals surface area contributed by atoms with E-state index in [0.29, 0.717) is 0 Å². The van der Waals surface area contributed by atoms with E-state index >= 15 is 0 Å². The normalized spacial score (nSPS) is 16.9. The Morgan fingerprint density at radius 1 is 1.25 bits per heavy atom. The zero-order chi connectivity index (χ0) is 19.5. The van der Waals surface area contributed by atoms with E-state index in [-0.39, 0.29) is 5.91 Å². The Morgan fingerprint density at radius 2 is 2.07 bits per heavy atom. The van der Waals surface area contributed by atoms with E-state index < -0.39 is 0 Å². The molecule has 0 N–H and O–H groups in total. The molecule has 1 aromatic heterocycles. The summed E-state index contributed by atoms with van der Waals surface area (Å²) in [5.41, 5.74) is 3.55. The third kappa shape index (κ3) is 4.23. The molecular weight excluding hydrogens is 370 g/mol. The summed E-state index contributed by atoms with van der Waals surface area (Å²) in [5, 5.41) is 1.10. The van der Waals surface area contributed by atoms with Gasteiger partial charge in [0.05, 0.1) is 17.3 Å². The average Bonchev–Trinajstić information content (AvgIpc) is 3.32. The maximum Gasteiger partial charge on any atom is 0.265 e. The molecule has 1 amide bonds. The number of aromatic nitrogens is 1. The summed E-state index contributed by atoms with van der Waals surface area (Å²) in [6, 6.07) is 6.54. The fraction of sp³-hybridized carbons (Fsp3) is 0.545. The average molecular weight is 400 g/mol. The van der Waals surface area contributed by atoms with Crippen molar-refractivity contribution in [3.8, 4) is 5.75 Å². The van der Waals surface area contributed by atoms with Crippen LogP contribution >= 0.6 is 11.3 Å². The molecular formula is C22H29N3O2S. The van der Waals surface area contributed by atoms with Crippen molar-refractivity contribution < 1.29 is 9.53 Å². The van der Waals surface area contributed by atoms with Crippen LogP contribution in [0.3, 0.4) is 0 Å². The van der Waals surface area contributed by atoms with E-state index in [2.05, 4.69) is 35.0 Å². The van der Waals surface area contributed by atoms with E-state index in [4.69, 9.17) is 4.74 Å². The van der Waals surface area contributed by atoms with Crippen molar-refractivity contribution in [3.05, 3.63) is 44.9 Å². The number of amides is 1. The van der Waals surface area contributed by atoms with Crippen LogP contribution in [-0.4, -0.2) is 53.5 Å². The number of benzene rings is 1. The van der Waals surface area contributed by atoms with Crippen molar-refractivity contribution in [2.24, 2.45) is 0 Å². The molecule has 1 saturated heterocycles. The molecule has 0 spiro atoms. The van der Waals surface area contributed by atoms with Gasteiger partial charge in [0.2, 0.25) is 0 Å². The SMILES string of the molecule is CCCCc1nc(C)c(C(=O)N2CCN(Cc3ccc4c(c3)CCO4)CC2)s1. The van der Waals surface area contributed by atoms with Gasteiger partial charge >= 0.3 is 0 Å². The standard InChI is InChI=1S/C22H29N3O2S/c1-3-4-5-20-23-16(2)21(28-20)22(26)25-11-9-24(10-12-25)15-17-6-7-19-18(14-17)8-13-27-19/h6-7,14H,3-5,8-13,15H2,1-2H3. The summed E-state index contributed by atoms with van der Waals surface area (Å²) in [5.74, 6) is 1.20. The summed E-state index contributed by atoms with van der Waals surface area (Å²) < 4.78 is 5.60. The third-order valence-electron chi connectivity index (χ3n) is 5.60. The first-order chi connectivity index (χ1) is 13.6. The molecule has 2 aliphatic rings. The van der Waals surface area contributed by atoms with Crippen LogP contribution in [0.4, 0.5) is 0 Å². The van der Waals surface area contributed by atoms with Crippen LogP contribution in [0.15, 0.2) is 18.2 Å². The van der Waals surface area contributed by atoms with Crippen LogP contribution in [-0.2, 0) is 19.4 Å². The summed E-state index contributed by atoms with van der Waals surface area (Å²) >= 11 is 1.59. The third-order valence-corrected chi connectivity index (χ3v) is 6.80. The van der Waals surface area contributed by atoms with Crippen molar-refractivity contribution >= 4 is 17.2 Å². The fourth-order valence-corrected chi connectivity index (χ4v) is 5.01. The maximum absolute atomic E-state index is 13.0. The van der Waals surface area contributed by atoms with E-state index in [0.717, 1.165) is 86.3 Å². The van der Waals surface area contributed by atoms with Crippen LogP contribution in [0.1, 0.15) is 51.3 Å². The molecule has 28 heavy (non-hydrogen) atoms. The monoisotopic (exact) mass is 399 g/mol. The summed E-state index contributed by atoms with van der Waals surface area (Å²) in [6.45, 7) is 9.30. The molecule has 3 heterocycles. The minimum absolute atomic E-state index is 0.159. The second kappa shape index (κ2) is 8.62. The van der Waals surface area contributed by atoms with E-state index in [9.17, 15) is 4.79 Å². The largest absolute Gasteiger partial charge is 0.493 e. The molecule has 6 heteroatoms. The molecule has 2 aliphatic heterocycles. The predicted molar refractivity (Wildman–Crippen MR) is 112 cm³/mol. The predicted octanol–water partition coefficient (Wildman–Crippen LogP) is 3.69. The van der Waals surface area contributed by atoms with Crippen molar-refractivity contribution in [1.82, 2.24) is 14.8 Å². The molecule has 1 aromatic carbocycles. The van der Waals surface area contributed by atoms with E-state index in [1.54, 1.807) is 11.3 Å². The number of nitrogens with zero attached hydrogens (tertiary/aromatic N) is 3. The Balaban J connectivity index is 1.32. The number of ether oxygens (including phenoxy) is 1. The summed E-state index contributed by atoms with van der Waals surface area (Å²) in [6.07, 6.45) is 4.28. The first-order valence-corrected chi connectivity index (χ1v) is 11.2. The molecule has 0 bridgehead atoms. The summed E-state index contributed by atoms with van der Waals surface area (Å²) in [4.78, 5) is 22.8. The number of aryl methyl sites for hydroxylation is 2. The Labute approximate surface area is 171 Å². The Kier molecular flexibility index (Phi) is 5.97. The lowest BCUT2D eigenvalue weighted by Crippen LogP contribution is -2.48. The lowest BCUT2D eigenvalue weighted by molar-refractivity contribution is 0.0632. The van der Waals surface area contributed by atoms with Crippen molar-refractivity contribution in [2.45, 2.75) is 46.1 Å². The number of unbranched alkanes of at least 4 members (excludes halogenated alkanes) is 1. The quantitative estimate of drug-likeness (QED) is 0.743. The van der Waals surface area contributed by atoms with Gasteiger partial charge in [-0.2, -0.15) is 0 Å². The van der Waals surface area contributed by atoms with Crippen molar-refractivity contribution in [2.75, 3.05) is 32.8 Å². The topological polar surface area (TPSA) is 45.7 Å². The lowest BCUT2D eigenvalue weighted by atomic mass is 10.1. The minimum atomic E-state index is 0.159. The molecule has 1 fully saturated rings. The first kappa shape index (κ1) is 19.4. The number of fused-ring (bicyclic) bond motifs is 1. The van der Waals surface area contributed by atoms with Gasteiger partial charge in [-0.25, -0.2) is 4.98 Å². The fourth-order valence-electron chi connectivity index (χ4n) is 3.93. The molecule has 5 nitrogen and oxygen atoms in total. The van der Waals surface area contributed by atoms with Crippen LogP contribution in [0.2, 0.25) is 0 Å².